The fourth-order valence-corrected chi connectivity index (χ4v) is 3.15. The van der Waals surface area contributed by atoms with Gasteiger partial charge in [-0.1, -0.05) is 6.42 Å². The highest BCUT2D eigenvalue weighted by atomic mass is 32.1. The first-order chi connectivity index (χ1) is 9.84. The summed E-state index contributed by atoms with van der Waals surface area (Å²) in [7, 11) is 0. The zero-order chi connectivity index (χ0) is 13.8. The number of rotatable bonds is 4. The molecule has 2 aromatic rings. The zero-order valence-corrected chi connectivity index (χ0v) is 12.2. The Bertz CT molecular complexity index is 576. The second kappa shape index (κ2) is 6.17. The second-order valence-electron chi connectivity index (χ2n) is 5.01. The molecule has 0 saturated carbocycles. The zero-order valence-electron chi connectivity index (χ0n) is 11.3. The molecule has 0 saturated heterocycles. The Balaban J connectivity index is 1.56. The molecule has 20 heavy (non-hydrogen) atoms. The molecular weight excluding hydrogens is 272 g/mol. The van der Waals surface area contributed by atoms with E-state index in [0.29, 0.717) is 6.54 Å². The third kappa shape index (κ3) is 2.90. The SMILES string of the molecule is O=C(NCCc1nnc2n1CCCCC2)c1ccsc1. The van der Waals surface area contributed by atoms with E-state index in [-0.39, 0.29) is 5.91 Å². The minimum absolute atomic E-state index is 0.0122. The molecule has 2 aromatic heterocycles. The lowest BCUT2D eigenvalue weighted by molar-refractivity contribution is 0.0954. The Morgan fingerprint density at radius 3 is 3.15 bits per heavy atom. The normalized spacial score (nSPS) is 14.6. The Labute approximate surface area is 122 Å². The number of nitrogens with zero attached hydrogens (tertiary/aromatic N) is 3. The van der Waals surface area contributed by atoms with E-state index in [1.807, 2.05) is 16.8 Å². The summed E-state index contributed by atoms with van der Waals surface area (Å²) < 4.78 is 2.23. The van der Waals surface area contributed by atoms with E-state index >= 15 is 0 Å². The number of aromatic nitrogens is 3. The number of hydrogen-bond donors (Lipinski definition) is 1. The van der Waals surface area contributed by atoms with E-state index in [2.05, 4.69) is 20.1 Å². The number of amides is 1. The predicted octanol–water partition coefficient (Wildman–Crippen LogP) is 2.04. The molecule has 0 spiro atoms. The molecule has 5 nitrogen and oxygen atoms in total. The van der Waals surface area contributed by atoms with Crippen molar-refractivity contribution in [1.29, 1.82) is 0 Å². The molecule has 1 amide bonds. The van der Waals surface area contributed by atoms with Gasteiger partial charge in [-0.15, -0.1) is 10.2 Å². The van der Waals surface area contributed by atoms with Crippen LogP contribution in [-0.2, 0) is 19.4 Å². The summed E-state index contributed by atoms with van der Waals surface area (Å²) in [4.78, 5) is 11.8. The van der Waals surface area contributed by atoms with Gasteiger partial charge in [0.15, 0.2) is 0 Å². The highest BCUT2D eigenvalue weighted by Gasteiger charge is 2.14. The van der Waals surface area contributed by atoms with Crippen molar-refractivity contribution >= 4 is 17.2 Å². The van der Waals surface area contributed by atoms with Gasteiger partial charge in [0.1, 0.15) is 11.6 Å². The van der Waals surface area contributed by atoms with Crippen LogP contribution in [0, 0.1) is 0 Å². The van der Waals surface area contributed by atoms with E-state index in [1.165, 1.54) is 30.6 Å². The quantitative estimate of drug-likeness (QED) is 0.937. The average molecular weight is 290 g/mol. The molecule has 0 bridgehead atoms. The van der Waals surface area contributed by atoms with Gasteiger partial charge in [-0.2, -0.15) is 11.3 Å². The largest absolute Gasteiger partial charge is 0.352 e. The lowest BCUT2D eigenvalue weighted by atomic mass is 10.2. The highest BCUT2D eigenvalue weighted by Crippen LogP contribution is 2.14. The second-order valence-corrected chi connectivity index (χ2v) is 5.79. The summed E-state index contributed by atoms with van der Waals surface area (Å²) in [6, 6.07) is 1.84. The molecule has 6 heteroatoms. The van der Waals surface area contributed by atoms with E-state index in [9.17, 15) is 4.79 Å². The number of hydrogen-bond acceptors (Lipinski definition) is 4. The standard InChI is InChI=1S/C14H18N4OS/c19-14(11-6-9-20-10-11)15-7-5-13-17-16-12-4-2-1-3-8-18(12)13/h6,9-10H,1-5,7-8H2,(H,15,19). The molecule has 1 aliphatic heterocycles. The monoisotopic (exact) mass is 290 g/mol. The van der Waals surface area contributed by atoms with Gasteiger partial charge in [0.2, 0.25) is 0 Å². The van der Waals surface area contributed by atoms with Gasteiger partial charge in [-0.25, -0.2) is 0 Å². The topological polar surface area (TPSA) is 59.8 Å². The summed E-state index contributed by atoms with van der Waals surface area (Å²) in [5, 5.41) is 15.2. The lowest BCUT2D eigenvalue weighted by Gasteiger charge is -2.07. The van der Waals surface area contributed by atoms with Crippen LogP contribution in [-0.4, -0.2) is 27.2 Å². The fraction of sp³-hybridized carbons (Fsp3) is 0.500. The van der Waals surface area contributed by atoms with Crippen molar-refractivity contribution in [2.45, 2.75) is 38.6 Å². The van der Waals surface area contributed by atoms with Crippen LogP contribution in [0.25, 0.3) is 0 Å². The number of carbonyl (C=O) groups is 1. The van der Waals surface area contributed by atoms with E-state index in [0.717, 1.165) is 36.6 Å². The van der Waals surface area contributed by atoms with Gasteiger partial charge in [-0.05, 0) is 24.3 Å². The smallest absolute Gasteiger partial charge is 0.252 e. The Morgan fingerprint density at radius 2 is 2.30 bits per heavy atom. The molecule has 0 fully saturated rings. The third-order valence-electron chi connectivity index (χ3n) is 3.60. The first kappa shape index (κ1) is 13.3. The maximum Gasteiger partial charge on any atom is 0.252 e. The fourth-order valence-electron chi connectivity index (χ4n) is 2.51. The summed E-state index contributed by atoms with van der Waals surface area (Å²) in [5.74, 6) is 2.08. The van der Waals surface area contributed by atoms with Gasteiger partial charge < -0.3 is 9.88 Å². The maximum atomic E-state index is 11.8. The van der Waals surface area contributed by atoms with Crippen LogP contribution in [0.15, 0.2) is 16.8 Å². The Hall–Kier alpha value is -1.69. The highest BCUT2D eigenvalue weighted by molar-refractivity contribution is 7.08. The third-order valence-corrected chi connectivity index (χ3v) is 4.29. The van der Waals surface area contributed by atoms with Gasteiger partial charge >= 0.3 is 0 Å². The maximum absolute atomic E-state index is 11.8. The van der Waals surface area contributed by atoms with Crippen LogP contribution in [0.3, 0.4) is 0 Å². The number of aryl methyl sites for hydroxylation is 1. The van der Waals surface area contributed by atoms with Crippen LogP contribution >= 0.6 is 11.3 Å². The van der Waals surface area contributed by atoms with E-state index in [1.54, 1.807) is 0 Å². The minimum atomic E-state index is -0.0122. The minimum Gasteiger partial charge on any atom is -0.352 e. The average Bonchev–Trinajstić information content (AvgIpc) is 3.05. The molecular formula is C14H18N4OS. The first-order valence-corrected chi connectivity index (χ1v) is 8.00. The van der Waals surface area contributed by atoms with Crippen molar-refractivity contribution < 1.29 is 4.79 Å². The van der Waals surface area contributed by atoms with Crippen molar-refractivity contribution in [2.24, 2.45) is 0 Å². The number of thiophene rings is 1. The van der Waals surface area contributed by atoms with Gasteiger partial charge in [0.25, 0.3) is 5.91 Å². The van der Waals surface area contributed by atoms with Crippen LogP contribution in [0.2, 0.25) is 0 Å². The molecule has 3 rings (SSSR count). The van der Waals surface area contributed by atoms with Crippen LogP contribution in [0.1, 0.15) is 41.3 Å². The summed E-state index contributed by atoms with van der Waals surface area (Å²) >= 11 is 1.53. The number of carbonyl (C=O) groups excluding carboxylic acids is 1. The molecule has 1 N–H and O–H groups in total. The van der Waals surface area contributed by atoms with Crippen LogP contribution in [0.5, 0.6) is 0 Å². The van der Waals surface area contributed by atoms with Crippen molar-refractivity contribution in [3.63, 3.8) is 0 Å². The molecule has 1 aliphatic rings. The Morgan fingerprint density at radius 1 is 1.35 bits per heavy atom. The number of fused-ring (bicyclic) bond motifs is 1. The van der Waals surface area contributed by atoms with Crippen molar-refractivity contribution in [3.05, 3.63) is 34.0 Å². The number of nitrogens with one attached hydrogen (secondary N) is 1. The molecule has 0 unspecified atom stereocenters. The molecule has 0 aliphatic carbocycles. The van der Waals surface area contributed by atoms with Crippen LogP contribution < -0.4 is 5.32 Å². The van der Waals surface area contributed by atoms with Crippen LogP contribution in [0.4, 0.5) is 0 Å². The first-order valence-electron chi connectivity index (χ1n) is 7.06. The predicted molar refractivity (Wildman–Crippen MR) is 77.9 cm³/mol. The van der Waals surface area contributed by atoms with Crippen molar-refractivity contribution in [1.82, 2.24) is 20.1 Å². The summed E-state index contributed by atoms with van der Waals surface area (Å²) in [6.45, 7) is 1.61. The van der Waals surface area contributed by atoms with Crippen molar-refractivity contribution in [3.8, 4) is 0 Å². The van der Waals surface area contributed by atoms with Gasteiger partial charge in [0.05, 0.1) is 0 Å². The molecule has 106 valence electrons. The summed E-state index contributed by atoms with van der Waals surface area (Å²) in [6.07, 6.45) is 5.42. The van der Waals surface area contributed by atoms with Gasteiger partial charge in [-0.3, -0.25) is 4.79 Å². The summed E-state index contributed by atoms with van der Waals surface area (Å²) in [5.41, 5.74) is 0.732. The molecule has 0 radical (unpaired) electrons. The lowest BCUT2D eigenvalue weighted by Crippen LogP contribution is -2.26. The molecule has 0 atom stereocenters. The van der Waals surface area contributed by atoms with Gasteiger partial charge in [0, 0.05) is 36.9 Å². The molecule has 3 heterocycles. The van der Waals surface area contributed by atoms with E-state index < -0.39 is 0 Å². The Kier molecular flexibility index (Phi) is 4.11. The van der Waals surface area contributed by atoms with E-state index in [4.69, 9.17) is 0 Å². The van der Waals surface area contributed by atoms with Crippen molar-refractivity contribution in [2.75, 3.05) is 6.54 Å². The molecule has 0 aromatic carbocycles.